The lowest BCUT2D eigenvalue weighted by molar-refractivity contribution is 0.220. The van der Waals surface area contributed by atoms with E-state index >= 15 is 0 Å². The molecule has 0 saturated carbocycles. The van der Waals surface area contributed by atoms with Crippen molar-refractivity contribution < 1.29 is 5.11 Å². The summed E-state index contributed by atoms with van der Waals surface area (Å²) in [6.07, 6.45) is 3.55. The number of nitrogens with two attached hydrogens (primary N) is 1. The smallest absolute Gasteiger partial charge is 0.0583 e. The number of hydrogen-bond acceptors (Lipinski definition) is 3. The monoisotopic (exact) mass is 172 g/mol. The first kappa shape index (κ1) is 9.96. The first-order valence-corrected chi connectivity index (χ1v) is 4.84. The third-order valence-electron chi connectivity index (χ3n) is 2.71. The van der Waals surface area contributed by atoms with Gasteiger partial charge in [0.1, 0.15) is 0 Å². The van der Waals surface area contributed by atoms with Crippen molar-refractivity contribution in [3.05, 3.63) is 0 Å². The van der Waals surface area contributed by atoms with Crippen LogP contribution in [0.1, 0.15) is 26.2 Å². The zero-order valence-corrected chi connectivity index (χ0v) is 7.87. The van der Waals surface area contributed by atoms with Crippen molar-refractivity contribution in [2.24, 2.45) is 5.73 Å². The summed E-state index contributed by atoms with van der Waals surface area (Å²) in [5.74, 6) is 0. The maximum atomic E-state index is 8.73. The summed E-state index contributed by atoms with van der Waals surface area (Å²) in [5, 5.41) is 8.73. The molecule has 3 nitrogen and oxygen atoms in total. The van der Waals surface area contributed by atoms with Crippen LogP contribution >= 0.6 is 0 Å². The lowest BCUT2D eigenvalue weighted by Crippen LogP contribution is -2.34. The molecule has 3 heteroatoms. The Morgan fingerprint density at radius 3 is 2.92 bits per heavy atom. The Hall–Kier alpha value is -0.120. The first-order chi connectivity index (χ1) is 5.74. The van der Waals surface area contributed by atoms with Crippen molar-refractivity contribution in [2.75, 3.05) is 19.7 Å². The molecule has 1 heterocycles. The van der Waals surface area contributed by atoms with Crippen molar-refractivity contribution >= 4 is 0 Å². The molecule has 1 aliphatic heterocycles. The zero-order valence-electron chi connectivity index (χ0n) is 7.87. The summed E-state index contributed by atoms with van der Waals surface area (Å²) in [6, 6.07) is 0.689. The number of aliphatic hydroxyl groups excluding tert-OH is 1. The molecule has 0 radical (unpaired) electrons. The fraction of sp³-hybridized carbons (Fsp3) is 1.00. The number of hydrogen-bond donors (Lipinski definition) is 2. The van der Waals surface area contributed by atoms with Crippen LogP contribution in [-0.2, 0) is 0 Å². The third-order valence-corrected chi connectivity index (χ3v) is 2.71. The molecule has 0 aromatic carbocycles. The minimum atomic E-state index is -0.0298. The third kappa shape index (κ3) is 2.73. The van der Waals surface area contributed by atoms with E-state index in [9.17, 15) is 0 Å². The summed E-state index contributed by atoms with van der Waals surface area (Å²) in [7, 11) is 0. The Morgan fingerprint density at radius 1 is 1.67 bits per heavy atom. The van der Waals surface area contributed by atoms with Crippen molar-refractivity contribution in [2.45, 2.75) is 38.3 Å². The number of rotatable bonds is 4. The molecular weight excluding hydrogens is 152 g/mol. The fourth-order valence-electron chi connectivity index (χ4n) is 1.75. The second kappa shape index (κ2) is 4.80. The molecule has 1 aliphatic rings. The molecule has 1 rings (SSSR count). The van der Waals surface area contributed by atoms with Crippen molar-refractivity contribution in [3.8, 4) is 0 Å². The second-order valence-electron chi connectivity index (χ2n) is 3.76. The molecule has 0 amide bonds. The summed E-state index contributed by atoms with van der Waals surface area (Å²) in [4.78, 5) is 2.45. The van der Waals surface area contributed by atoms with Crippen LogP contribution in [0.3, 0.4) is 0 Å². The van der Waals surface area contributed by atoms with Crippen LogP contribution in [0.2, 0.25) is 0 Å². The van der Waals surface area contributed by atoms with Crippen LogP contribution < -0.4 is 5.73 Å². The topological polar surface area (TPSA) is 49.5 Å². The average molecular weight is 172 g/mol. The molecule has 2 atom stereocenters. The van der Waals surface area contributed by atoms with Gasteiger partial charge in [0, 0.05) is 12.1 Å². The average Bonchev–Trinajstić information content (AvgIpc) is 2.47. The molecule has 1 saturated heterocycles. The zero-order chi connectivity index (χ0) is 8.97. The van der Waals surface area contributed by atoms with Gasteiger partial charge in [-0.3, -0.25) is 0 Å². The van der Waals surface area contributed by atoms with E-state index in [0.29, 0.717) is 0 Å². The molecule has 0 spiro atoms. The van der Waals surface area contributed by atoms with E-state index in [4.69, 9.17) is 10.8 Å². The number of nitrogens with zero attached hydrogens (tertiary/aromatic N) is 1. The molecule has 0 aromatic heterocycles. The van der Waals surface area contributed by atoms with Gasteiger partial charge in [0.05, 0.1) is 6.61 Å². The van der Waals surface area contributed by atoms with Gasteiger partial charge in [-0.05, 0) is 39.3 Å². The maximum absolute atomic E-state index is 8.73. The van der Waals surface area contributed by atoms with Gasteiger partial charge in [-0.1, -0.05) is 0 Å². The van der Waals surface area contributed by atoms with Crippen molar-refractivity contribution in [3.63, 3.8) is 0 Å². The molecule has 3 N–H and O–H groups in total. The number of likely N-dealkylation sites (tertiary alicyclic amines) is 1. The fourth-order valence-corrected chi connectivity index (χ4v) is 1.75. The van der Waals surface area contributed by atoms with Gasteiger partial charge < -0.3 is 15.7 Å². The van der Waals surface area contributed by atoms with E-state index in [2.05, 4.69) is 11.8 Å². The SMILES string of the molecule is CC1CCCN1CCC(N)CO. The van der Waals surface area contributed by atoms with Crippen LogP contribution in [0, 0.1) is 0 Å². The Labute approximate surface area is 74.5 Å². The van der Waals surface area contributed by atoms with E-state index in [1.165, 1.54) is 19.4 Å². The van der Waals surface area contributed by atoms with Crippen molar-refractivity contribution in [1.29, 1.82) is 0 Å². The van der Waals surface area contributed by atoms with Crippen LogP contribution in [0.4, 0.5) is 0 Å². The summed E-state index contributed by atoms with van der Waals surface area (Å²) >= 11 is 0. The van der Waals surface area contributed by atoms with Gasteiger partial charge in [-0.2, -0.15) is 0 Å². The molecule has 2 unspecified atom stereocenters. The lowest BCUT2D eigenvalue weighted by Gasteiger charge is -2.22. The predicted octanol–water partition coefficient (Wildman–Crippen LogP) is 0.180. The summed E-state index contributed by atoms with van der Waals surface area (Å²) < 4.78 is 0. The van der Waals surface area contributed by atoms with Gasteiger partial charge in [0.15, 0.2) is 0 Å². The predicted molar refractivity (Wildman–Crippen MR) is 49.9 cm³/mol. The molecule has 0 aliphatic carbocycles. The summed E-state index contributed by atoms with van der Waals surface area (Å²) in [6.45, 7) is 4.63. The maximum Gasteiger partial charge on any atom is 0.0583 e. The van der Waals surface area contributed by atoms with E-state index in [1.54, 1.807) is 0 Å². The Bertz CT molecular complexity index is 130. The molecule has 12 heavy (non-hydrogen) atoms. The first-order valence-electron chi connectivity index (χ1n) is 4.84. The Balaban J connectivity index is 2.13. The van der Waals surface area contributed by atoms with Gasteiger partial charge in [0.2, 0.25) is 0 Å². The van der Waals surface area contributed by atoms with E-state index in [-0.39, 0.29) is 12.6 Å². The highest BCUT2D eigenvalue weighted by Crippen LogP contribution is 2.16. The van der Waals surface area contributed by atoms with Gasteiger partial charge in [0.25, 0.3) is 0 Å². The standard InChI is InChI=1S/C9H20N2O/c1-8-3-2-5-11(8)6-4-9(10)7-12/h8-9,12H,2-7,10H2,1H3. The Morgan fingerprint density at radius 2 is 2.42 bits per heavy atom. The molecule has 0 aromatic rings. The minimum Gasteiger partial charge on any atom is -0.395 e. The molecule has 1 fully saturated rings. The van der Waals surface area contributed by atoms with Gasteiger partial charge >= 0.3 is 0 Å². The highest BCUT2D eigenvalue weighted by molar-refractivity contribution is 4.76. The van der Waals surface area contributed by atoms with E-state index in [0.717, 1.165) is 19.0 Å². The molecular formula is C9H20N2O. The van der Waals surface area contributed by atoms with Gasteiger partial charge in [-0.15, -0.1) is 0 Å². The van der Waals surface area contributed by atoms with Crippen molar-refractivity contribution in [1.82, 2.24) is 4.90 Å². The largest absolute Gasteiger partial charge is 0.395 e. The minimum absolute atomic E-state index is 0.0298. The van der Waals surface area contributed by atoms with E-state index < -0.39 is 0 Å². The lowest BCUT2D eigenvalue weighted by atomic mass is 10.2. The summed E-state index contributed by atoms with van der Waals surface area (Å²) in [5.41, 5.74) is 5.62. The highest BCUT2D eigenvalue weighted by Gasteiger charge is 2.19. The van der Waals surface area contributed by atoms with E-state index in [1.807, 2.05) is 0 Å². The van der Waals surface area contributed by atoms with Crippen LogP contribution in [0.15, 0.2) is 0 Å². The Kier molecular flexibility index (Phi) is 3.98. The normalized spacial score (nSPS) is 27.8. The molecule has 0 bridgehead atoms. The second-order valence-corrected chi connectivity index (χ2v) is 3.76. The van der Waals surface area contributed by atoms with Crippen LogP contribution in [0.25, 0.3) is 0 Å². The van der Waals surface area contributed by atoms with Crippen LogP contribution in [-0.4, -0.2) is 41.8 Å². The van der Waals surface area contributed by atoms with Crippen LogP contribution in [0.5, 0.6) is 0 Å². The quantitative estimate of drug-likeness (QED) is 0.636. The van der Waals surface area contributed by atoms with Gasteiger partial charge in [-0.25, -0.2) is 0 Å². The highest BCUT2D eigenvalue weighted by atomic mass is 16.3. The number of aliphatic hydroxyl groups is 1. The molecule has 72 valence electrons.